The molecule has 0 atom stereocenters. The van der Waals surface area contributed by atoms with E-state index in [1.165, 1.54) is 0 Å². The number of rotatable bonds is 9. The smallest absolute Gasteiger partial charge is 0.241 e. The molecule has 4 nitrogen and oxygen atoms in total. The highest BCUT2D eigenvalue weighted by Gasteiger charge is 2.27. The Labute approximate surface area is 129 Å². The molecule has 21 heavy (non-hydrogen) atoms. The zero-order valence-electron chi connectivity index (χ0n) is 13.6. The largest absolute Gasteiger partial charge is 0.302 e. The number of nitrogens with one attached hydrogen (secondary N) is 1. The van der Waals surface area contributed by atoms with Gasteiger partial charge in [0.05, 0.1) is 4.90 Å². The van der Waals surface area contributed by atoms with Gasteiger partial charge < -0.3 is 4.90 Å². The van der Waals surface area contributed by atoms with E-state index in [0.29, 0.717) is 11.4 Å². The number of hydrogen-bond donors (Lipinski definition) is 1. The van der Waals surface area contributed by atoms with Gasteiger partial charge in [-0.3, -0.25) is 0 Å². The second kappa shape index (κ2) is 7.92. The maximum Gasteiger partial charge on any atom is 0.241 e. The average molecular weight is 312 g/mol. The van der Waals surface area contributed by atoms with E-state index >= 15 is 0 Å². The van der Waals surface area contributed by atoms with Crippen LogP contribution in [-0.4, -0.2) is 38.5 Å². The quantitative estimate of drug-likeness (QED) is 0.763. The normalized spacial score (nSPS) is 12.8. The van der Waals surface area contributed by atoms with Crippen molar-refractivity contribution >= 4 is 10.0 Å². The average Bonchev–Trinajstić information content (AvgIpc) is 2.38. The number of nitrogens with zero attached hydrogens (tertiary/aromatic N) is 1. The molecule has 0 unspecified atom stereocenters. The Kier molecular flexibility index (Phi) is 6.84. The summed E-state index contributed by atoms with van der Waals surface area (Å²) in [6.07, 6.45) is 2.14. The van der Waals surface area contributed by atoms with Crippen molar-refractivity contribution in [3.8, 4) is 0 Å². The second-order valence-electron chi connectivity index (χ2n) is 6.08. The molecule has 1 aromatic carbocycles. The molecule has 0 saturated carbocycles. The molecule has 120 valence electrons. The van der Waals surface area contributed by atoms with Crippen LogP contribution in [0.5, 0.6) is 0 Å². The molecule has 0 aliphatic heterocycles. The molecule has 1 aromatic rings. The monoisotopic (exact) mass is 312 g/mol. The van der Waals surface area contributed by atoms with E-state index in [-0.39, 0.29) is 0 Å². The van der Waals surface area contributed by atoms with Crippen molar-refractivity contribution in [3.05, 3.63) is 30.3 Å². The molecule has 1 rings (SSSR count). The van der Waals surface area contributed by atoms with Crippen molar-refractivity contribution in [2.45, 2.75) is 51.0 Å². The summed E-state index contributed by atoms with van der Waals surface area (Å²) in [5.41, 5.74) is -0.501. The molecule has 1 N–H and O–H groups in total. The zero-order chi connectivity index (χ0) is 15.9. The number of hydrogen-bond acceptors (Lipinski definition) is 3. The van der Waals surface area contributed by atoms with Crippen LogP contribution in [0.4, 0.5) is 0 Å². The summed E-state index contributed by atoms with van der Waals surface area (Å²) in [6.45, 7) is 10.8. The van der Waals surface area contributed by atoms with E-state index in [1.54, 1.807) is 24.3 Å². The third kappa shape index (κ3) is 6.16. The van der Waals surface area contributed by atoms with Crippen LogP contribution in [0.1, 0.15) is 40.5 Å². The molecule has 0 amide bonds. The Morgan fingerprint density at radius 1 is 1.05 bits per heavy atom. The van der Waals surface area contributed by atoms with Gasteiger partial charge in [0.15, 0.2) is 0 Å². The van der Waals surface area contributed by atoms with Gasteiger partial charge in [0.1, 0.15) is 0 Å². The fourth-order valence-corrected chi connectivity index (χ4v) is 3.94. The molecule has 0 saturated heterocycles. The molecular weight excluding hydrogens is 284 g/mol. The molecule has 0 radical (unpaired) electrons. The first kappa shape index (κ1) is 18.1. The summed E-state index contributed by atoms with van der Waals surface area (Å²) in [7, 11) is -3.47. The lowest BCUT2D eigenvalue weighted by Gasteiger charge is -2.33. The third-order valence-corrected chi connectivity index (χ3v) is 4.88. The van der Waals surface area contributed by atoms with Gasteiger partial charge in [0.2, 0.25) is 10.0 Å². The summed E-state index contributed by atoms with van der Waals surface area (Å²) in [5.74, 6) is 0. The van der Waals surface area contributed by atoms with Crippen LogP contribution < -0.4 is 4.72 Å². The summed E-state index contributed by atoms with van der Waals surface area (Å²) in [5, 5.41) is 0. The molecule has 0 bridgehead atoms. The Hall–Kier alpha value is -0.910. The van der Waals surface area contributed by atoms with E-state index in [0.717, 1.165) is 25.9 Å². The van der Waals surface area contributed by atoms with Gasteiger partial charge in [-0.2, -0.15) is 0 Å². The molecule has 0 fully saturated rings. The third-order valence-electron chi connectivity index (χ3n) is 3.16. The van der Waals surface area contributed by atoms with E-state index < -0.39 is 15.6 Å². The second-order valence-corrected chi connectivity index (χ2v) is 7.76. The lowest BCUT2D eigenvalue weighted by molar-refractivity contribution is 0.216. The predicted molar refractivity (Wildman–Crippen MR) is 87.9 cm³/mol. The van der Waals surface area contributed by atoms with Crippen LogP contribution in [0.2, 0.25) is 0 Å². The Balaban J connectivity index is 2.79. The SMILES string of the molecule is CCCN(CCC)CC(C)(C)NS(=O)(=O)c1ccccc1. The van der Waals surface area contributed by atoms with E-state index in [9.17, 15) is 8.42 Å². The predicted octanol–water partition coefficient (Wildman–Crippen LogP) is 2.87. The van der Waals surface area contributed by atoms with Gasteiger partial charge >= 0.3 is 0 Å². The minimum Gasteiger partial charge on any atom is -0.302 e. The number of sulfonamides is 1. The first-order valence-corrected chi connectivity index (χ1v) is 9.10. The van der Waals surface area contributed by atoms with Crippen molar-refractivity contribution < 1.29 is 8.42 Å². The number of benzene rings is 1. The minimum atomic E-state index is -3.47. The maximum absolute atomic E-state index is 12.4. The van der Waals surface area contributed by atoms with Gasteiger partial charge in [-0.05, 0) is 51.9 Å². The first-order chi connectivity index (χ1) is 9.80. The van der Waals surface area contributed by atoms with E-state index in [4.69, 9.17) is 0 Å². The van der Waals surface area contributed by atoms with Crippen molar-refractivity contribution in [1.29, 1.82) is 0 Å². The highest BCUT2D eigenvalue weighted by Crippen LogP contribution is 2.14. The Bertz CT molecular complexity index is 506. The topological polar surface area (TPSA) is 49.4 Å². The van der Waals surface area contributed by atoms with Crippen molar-refractivity contribution in [3.63, 3.8) is 0 Å². The summed E-state index contributed by atoms with van der Waals surface area (Å²) in [4.78, 5) is 2.63. The highest BCUT2D eigenvalue weighted by molar-refractivity contribution is 7.89. The van der Waals surface area contributed by atoms with E-state index in [1.807, 2.05) is 19.9 Å². The van der Waals surface area contributed by atoms with Gasteiger partial charge in [0.25, 0.3) is 0 Å². The summed E-state index contributed by atoms with van der Waals surface area (Å²) < 4.78 is 27.7. The minimum absolute atomic E-state index is 0.315. The Morgan fingerprint density at radius 3 is 2.05 bits per heavy atom. The van der Waals surface area contributed by atoms with Crippen LogP contribution in [-0.2, 0) is 10.0 Å². The molecule has 0 spiro atoms. The Morgan fingerprint density at radius 2 is 1.57 bits per heavy atom. The summed E-state index contributed by atoms with van der Waals surface area (Å²) >= 11 is 0. The molecular formula is C16H28N2O2S. The lowest BCUT2D eigenvalue weighted by atomic mass is 10.1. The van der Waals surface area contributed by atoms with Crippen molar-refractivity contribution in [2.75, 3.05) is 19.6 Å². The van der Waals surface area contributed by atoms with Crippen LogP contribution in [0.25, 0.3) is 0 Å². The van der Waals surface area contributed by atoms with Crippen LogP contribution in [0, 0.1) is 0 Å². The molecule has 0 heterocycles. The van der Waals surface area contributed by atoms with Gasteiger partial charge in [-0.25, -0.2) is 13.1 Å². The van der Waals surface area contributed by atoms with Gasteiger partial charge in [0, 0.05) is 12.1 Å². The maximum atomic E-state index is 12.4. The fraction of sp³-hybridized carbons (Fsp3) is 0.625. The zero-order valence-corrected chi connectivity index (χ0v) is 14.4. The van der Waals surface area contributed by atoms with Gasteiger partial charge in [-0.1, -0.05) is 32.0 Å². The van der Waals surface area contributed by atoms with Crippen molar-refractivity contribution in [1.82, 2.24) is 9.62 Å². The lowest BCUT2D eigenvalue weighted by Crippen LogP contribution is -2.51. The van der Waals surface area contributed by atoms with Crippen LogP contribution in [0.3, 0.4) is 0 Å². The summed E-state index contributed by atoms with van der Waals surface area (Å²) in [6, 6.07) is 8.53. The van der Waals surface area contributed by atoms with Crippen molar-refractivity contribution in [2.24, 2.45) is 0 Å². The molecule has 0 aliphatic rings. The highest BCUT2D eigenvalue weighted by atomic mass is 32.2. The molecule has 0 aliphatic carbocycles. The van der Waals surface area contributed by atoms with E-state index in [2.05, 4.69) is 23.5 Å². The standard InChI is InChI=1S/C16H28N2O2S/c1-5-12-18(13-6-2)14-16(3,4)17-21(19,20)15-10-8-7-9-11-15/h7-11,17H,5-6,12-14H2,1-4H3. The fourth-order valence-electron chi connectivity index (χ4n) is 2.52. The van der Waals surface area contributed by atoms with Crippen LogP contribution in [0.15, 0.2) is 35.2 Å². The molecule has 5 heteroatoms. The molecule has 0 aromatic heterocycles. The van der Waals surface area contributed by atoms with Gasteiger partial charge in [-0.15, -0.1) is 0 Å². The van der Waals surface area contributed by atoms with Crippen LogP contribution >= 0.6 is 0 Å². The first-order valence-electron chi connectivity index (χ1n) is 7.62.